The van der Waals surface area contributed by atoms with Gasteiger partial charge in [-0.15, -0.1) is 0 Å². The molecule has 0 aliphatic heterocycles. The Morgan fingerprint density at radius 1 is 0.756 bits per heavy atom. The van der Waals surface area contributed by atoms with Crippen LogP contribution in [-0.2, 0) is 4.79 Å². The molecule has 5 nitrogen and oxygen atoms in total. The van der Waals surface area contributed by atoms with E-state index in [1.165, 1.54) is 82.0 Å². The molecule has 0 saturated heterocycles. The van der Waals surface area contributed by atoms with Crippen molar-refractivity contribution in [2.45, 2.75) is 98.8 Å². The number of benzene rings is 2. The fourth-order valence-electron chi connectivity index (χ4n) is 5.08. The third-order valence-corrected chi connectivity index (χ3v) is 7.87. The minimum atomic E-state index is -0.0356. The first-order valence-electron chi connectivity index (χ1n) is 15.4. The van der Waals surface area contributed by atoms with Gasteiger partial charge in [-0.2, -0.15) is 5.10 Å². The quantitative estimate of drug-likeness (QED) is 0.168. The van der Waals surface area contributed by atoms with E-state index in [1.54, 1.807) is 6.07 Å². The number of carbonyl (C=O) groups is 1. The van der Waals surface area contributed by atoms with Gasteiger partial charge in [0.1, 0.15) is 0 Å². The molecule has 0 saturated carbocycles. The highest BCUT2D eigenvalue weighted by Crippen LogP contribution is 2.30. The average molecular weight is 610 g/mol. The molecule has 3 rings (SSSR count). The summed E-state index contributed by atoms with van der Waals surface area (Å²) in [5.74, 6) is 0.515. The van der Waals surface area contributed by atoms with Crippen molar-refractivity contribution in [2.24, 2.45) is 0 Å². The number of hydrogen-bond donors (Lipinski definition) is 2. The number of carbonyl (C=O) groups excluding carboxylic acids is 1. The van der Waals surface area contributed by atoms with Crippen LogP contribution in [0.15, 0.2) is 36.4 Å². The lowest BCUT2D eigenvalue weighted by Gasteiger charge is -2.39. The van der Waals surface area contributed by atoms with Crippen LogP contribution in [0.2, 0.25) is 10.0 Å². The summed E-state index contributed by atoms with van der Waals surface area (Å²) < 4.78 is 1.42. The second kappa shape index (κ2) is 19.9. The van der Waals surface area contributed by atoms with Gasteiger partial charge in [-0.05, 0) is 73.6 Å². The van der Waals surface area contributed by atoms with E-state index in [4.69, 9.17) is 23.2 Å². The van der Waals surface area contributed by atoms with Crippen LogP contribution in [-0.4, -0.2) is 46.8 Å². The van der Waals surface area contributed by atoms with E-state index < -0.39 is 0 Å². The molecule has 0 atom stereocenters. The third kappa shape index (κ3) is 12.3. The van der Waals surface area contributed by atoms with Crippen molar-refractivity contribution in [1.29, 1.82) is 0 Å². The van der Waals surface area contributed by atoms with Gasteiger partial charge in [-0.3, -0.25) is 9.89 Å². The molecule has 1 aromatic heterocycles. The van der Waals surface area contributed by atoms with Gasteiger partial charge in [0.2, 0.25) is 5.91 Å². The van der Waals surface area contributed by atoms with E-state index in [0.717, 1.165) is 28.5 Å². The number of anilines is 1. The summed E-state index contributed by atoms with van der Waals surface area (Å²) in [7, 11) is 0. The lowest BCUT2D eigenvalue weighted by Crippen LogP contribution is -3.00. The van der Waals surface area contributed by atoms with Crippen LogP contribution < -0.4 is 10.0 Å². The maximum atomic E-state index is 11.7. The van der Waals surface area contributed by atoms with Crippen molar-refractivity contribution in [2.75, 3.05) is 31.5 Å². The lowest BCUT2D eigenvalue weighted by atomic mass is 10.0. The number of nitrogens with zero attached hydrogens (tertiary/aromatic N) is 2. The summed E-state index contributed by atoms with van der Waals surface area (Å²) in [6.07, 6.45) is 12.3. The minimum absolute atomic E-state index is 0. The lowest BCUT2D eigenvalue weighted by molar-refractivity contribution is -0.929. The molecular weight excluding hydrogens is 558 g/mol. The molecule has 0 bridgehead atoms. The number of aromatic nitrogens is 2. The van der Waals surface area contributed by atoms with E-state index in [9.17, 15) is 4.79 Å². The molecule has 1 amide bonds. The van der Waals surface area contributed by atoms with E-state index in [0.29, 0.717) is 22.3 Å². The Morgan fingerprint density at radius 2 is 1.27 bits per heavy atom. The number of hydrogen-bond acceptors (Lipinski definition) is 2. The third-order valence-electron chi connectivity index (χ3n) is 7.44. The van der Waals surface area contributed by atoms with Crippen LogP contribution in [0.5, 0.6) is 0 Å². The van der Waals surface area contributed by atoms with Crippen molar-refractivity contribution in [1.82, 2.24) is 10.2 Å². The zero-order chi connectivity index (χ0) is 29.4. The number of halogens is 3. The summed E-state index contributed by atoms with van der Waals surface area (Å²) in [5.41, 5.74) is 2.73. The van der Waals surface area contributed by atoms with Crippen LogP contribution in [0.25, 0.3) is 22.0 Å². The first-order valence-corrected chi connectivity index (χ1v) is 16.2. The zero-order valence-corrected chi connectivity index (χ0v) is 27.3. The van der Waals surface area contributed by atoms with Crippen molar-refractivity contribution in [3.05, 3.63) is 46.4 Å². The molecule has 0 fully saturated rings. The summed E-state index contributed by atoms with van der Waals surface area (Å²) in [6.45, 7) is 17.0. The van der Waals surface area contributed by atoms with Gasteiger partial charge in [-0.25, -0.2) is 0 Å². The number of aromatic amines is 1. The van der Waals surface area contributed by atoms with Gasteiger partial charge in [0.15, 0.2) is 5.82 Å². The molecule has 2 N–H and O–H groups in total. The molecule has 8 heteroatoms. The summed E-state index contributed by atoms with van der Waals surface area (Å²) in [6, 6.07) is 11.2. The van der Waals surface area contributed by atoms with Crippen LogP contribution >= 0.6 is 23.2 Å². The van der Waals surface area contributed by atoms with Crippen molar-refractivity contribution < 1.29 is 14.0 Å². The Bertz CT molecular complexity index is 1110. The SMILES string of the molecule is CCCC(=O)Nc1n[nH]c2cc(-c3cc(Cl)cc(Cl)c3)ccc12.CCCC[N+](CCCC)(CCCC)CCCC.[F-]. The van der Waals surface area contributed by atoms with Crippen molar-refractivity contribution in [3.63, 3.8) is 0 Å². The molecule has 2 aromatic carbocycles. The fourth-order valence-corrected chi connectivity index (χ4v) is 5.61. The highest BCUT2D eigenvalue weighted by Gasteiger charge is 2.24. The molecule has 0 aliphatic rings. The van der Waals surface area contributed by atoms with Gasteiger partial charge in [0, 0.05) is 21.9 Å². The predicted octanol–water partition coefficient (Wildman–Crippen LogP) is 7.28. The Balaban J connectivity index is 0.000000421. The largest absolute Gasteiger partial charge is 1.00 e. The van der Waals surface area contributed by atoms with Crippen LogP contribution in [0.4, 0.5) is 5.82 Å². The first kappa shape index (κ1) is 36.9. The number of H-pyrrole nitrogens is 1. The predicted molar refractivity (Wildman–Crippen MR) is 174 cm³/mol. The number of nitrogens with one attached hydrogen (secondary N) is 2. The van der Waals surface area contributed by atoms with Crippen molar-refractivity contribution >= 4 is 45.8 Å². The molecule has 0 unspecified atom stereocenters. The van der Waals surface area contributed by atoms with Gasteiger partial charge < -0.3 is 14.5 Å². The number of fused-ring (bicyclic) bond motifs is 1. The van der Waals surface area contributed by atoms with Crippen LogP contribution in [0, 0.1) is 0 Å². The second-order valence-electron chi connectivity index (χ2n) is 10.9. The molecule has 0 spiro atoms. The Labute approximate surface area is 257 Å². The highest BCUT2D eigenvalue weighted by molar-refractivity contribution is 6.35. The van der Waals surface area contributed by atoms with E-state index >= 15 is 0 Å². The first-order chi connectivity index (χ1) is 19.3. The zero-order valence-electron chi connectivity index (χ0n) is 25.8. The maximum Gasteiger partial charge on any atom is 0.225 e. The normalized spacial score (nSPS) is 11.1. The number of unbranched alkanes of at least 4 members (excludes halogenated alkanes) is 4. The Hall–Kier alpha value is -2.15. The molecule has 1 heterocycles. The van der Waals surface area contributed by atoms with Crippen LogP contribution in [0.3, 0.4) is 0 Å². The molecule has 41 heavy (non-hydrogen) atoms. The topological polar surface area (TPSA) is 57.8 Å². The molecule has 230 valence electrons. The highest BCUT2D eigenvalue weighted by atomic mass is 35.5. The van der Waals surface area contributed by atoms with E-state index in [2.05, 4.69) is 43.2 Å². The second-order valence-corrected chi connectivity index (χ2v) is 11.8. The summed E-state index contributed by atoms with van der Waals surface area (Å²) >= 11 is 12.1. The molecular formula is C33H51Cl2FN4O. The minimum Gasteiger partial charge on any atom is -1.00 e. The van der Waals surface area contributed by atoms with Gasteiger partial charge in [0.25, 0.3) is 0 Å². The average Bonchev–Trinajstić information content (AvgIpc) is 3.34. The standard InChI is InChI=1S/C17H15Cl2N3O.C16H36N.FH/c1-2-3-16(23)20-17-14-5-4-10(8-15(14)21-22-17)11-6-12(18)9-13(19)7-11;1-5-9-13-17(14-10-6-2,15-11-7-3)16-12-8-4;/h4-9H,2-3H2,1H3,(H2,20,21,22,23);5-16H2,1-4H3;1H/q;+1;/p-1. The number of quaternary nitrogens is 1. The smallest absolute Gasteiger partial charge is 0.225 e. The Kier molecular flexibility index (Phi) is 17.9. The Morgan fingerprint density at radius 3 is 1.73 bits per heavy atom. The van der Waals surface area contributed by atoms with Crippen LogP contribution in [0.1, 0.15) is 98.8 Å². The summed E-state index contributed by atoms with van der Waals surface area (Å²) in [5, 5.41) is 12.0. The van der Waals surface area contributed by atoms with Gasteiger partial charge in [0.05, 0.1) is 31.7 Å². The number of rotatable bonds is 16. The number of amides is 1. The monoisotopic (exact) mass is 608 g/mol. The maximum absolute atomic E-state index is 11.7. The van der Waals surface area contributed by atoms with Gasteiger partial charge >= 0.3 is 0 Å². The van der Waals surface area contributed by atoms with Gasteiger partial charge in [-0.1, -0.05) is 89.6 Å². The van der Waals surface area contributed by atoms with E-state index in [1.807, 2.05) is 37.3 Å². The molecule has 0 aliphatic carbocycles. The molecule has 3 aromatic rings. The van der Waals surface area contributed by atoms with Crippen molar-refractivity contribution in [3.8, 4) is 11.1 Å². The summed E-state index contributed by atoms with van der Waals surface area (Å²) in [4.78, 5) is 11.7. The molecule has 0 radical (unpaired) electrons. The fraction of sp³-hybridized carbons (Fsp3) is 0.576. The van der Waals surface area contributed by atoms with E-state index in [-0.39, 0.29) is 10.6 Å².